The fourth-order valence-electron chi connectivity index (χ4n) is 2.84. The Morgan fingerprint density at radius 1 is 1.10 bits per heavy atom. The fourth-order valence-corrected chi connectivity index (χ4v) is 4.34. The normalized spacial score (nSPS) is 11.3. The Hall–Kier alpha value is -2.65. The molecule has 2 aromatic carbocycles. The van der Waals surface area contributed by atoms with Crippen LogP contribution in [0.1, 0.15) is 5.56 Å². The summed E-state index contributed by atoms with van der Waals surface area (Å²) in [5, 5.41) is 6.12. The van der Waals surface area contributed by atoms with Crippen LogP contribution in [-0.2, 0) is 5.75 Å². The number of alkyl halides is 2. The van der Waals surface area contributed by atoms with E-state index in [-0.39, 0.29) is 0 Å². The molecule has 4 rings (SSSR count). The van der Waals surface area contributed by atoms with Crippen LogP contribution < -0.4 is 4.74 Å². The minimum atomic E-state index is -2.49. The molecule has 0 unspecified atom stereocenters. The van der Waals surface area contributed by atoms with Crippen molar-refractivity contribution in [3.63, 3.8) is 0 Å². The number of methoxy groups -OCH3 is 1. The van der Waals surface area contributed by atoms with E-state index >= 15 is 0 Å². The van der Waals surface area contributed by atoms with E-state index in [2.05, 4.69) is 15.1 Å². The van der Waals surface area contributed by atoms with Gasteiger partial charge >= 0.3 is 0 Å². The van der Waals surface area contributed by atoms with E-state index in [0.717, 1.165) is 27.3 Å². The highest BCUT2D eigenvalue weighted by Gasteiger charge is 2.14. The molecule has 0 N–H and O–H groups in total. The topological polar surface area (TPSA) is 52.8 Å². The van der Waals surface area contributed by atoms with Crippen LogP contribution in [0, 0.1) is 0 Å². The van der Waals surface area contributed by atoms with Gasteiger partial charge in [0.25, 0.3) is 5.76 Å². The van der Waals surface area contributed by atoms with E-state index in [0.29, 0.717) is 28.2 Å². The molecule has 0 aliphatic carbocycles. The molecule has 2 heterocycles. The summed E-state index contributed by atoms with van der Waals surface area (Å²) in [6, 6.07) is 15.0. The summed E-state index contributed by atoms with van der Waals surface area (Å²) in [4.78, 5) is 9.20. The third-order valence-electron chi connectivity index (χ3n) is 4.15. The Morgan fingerprint density at radius 3 is 2.69 bits per heavy atom. The number of benzene rings is 2. The summed E-state index contributed by atoms with van der Waals surface area (Å²) in [6.45, 7) is 0. The molecular weight excluding hydrogens is 414 g/mol. The van der Waals surface area contributed by atoms with Crippen LogP contribution in [0.5, 0.6) is 5.75 Å². The van der Waals surface area contributed by atoms with Crippen LogP contribution in [0.4, 0.5) is 8.78 Å². The number of ether oxygens (including phenoxy) is 1. The highest BCUT2D eigenvalue weighted by Crippen LogP contribution is 2.36. The zero-order valence-electron chi connectivity index (χ0n) is 15.3. The molecule has 0 saturated heterocycles. The Balaban J connectivity index is 1.57. The summed E-state index contributed by atoms with van der Waals surface area (Å²) >= 11 is 2.01. The third kappa shape index (κ3) is 4.35. The maximum atomic E-state index is 12.7. The molecule has 0 radical (unpaired) electrons. The van der Waals surface area contributed by atoms with Gasteiger partial charge in [-0.15, -0.1) is 11.8 Å². The number of aromatic nitrogens is 4. The molecule has 0 fully saturated rings. The molecule has 0 atom stereocenters. The molecule has 4 aromatic rings. The Morgan fingerprint density at radius 2 is 1.93 bits per heavy atom. The maximum Gasteiger partial charge on any atom is 0.289 e. The number of fused-ring (bicyclic) bond motifs is 1. The van der Waals surface area contributed by atoms with Crippen molar-refractivity contribution in [2.45, 2.75) is 21.4 Å². The van der Waals surface area contributed by atoms with Crippen LogP contribution in [-0.4, -0.2) is 32.6 Å². The van der Waals surface area contributed by atoms with Crippen molar-refractivity contribution in [1.82, 2.24) is 19.7 Å². The van der Waals surface area contributed by atoms with Gasteiger partial charge < -0.3 is 4.74 Å². The lowest BCUT2D eigenvalue weighted by molar-refractivity contribution is 0.251. The van der Waals surface area contributed by atoms with E-state index in [4.69, 9.17) is 4.74 Å². The first-order valence-corrected chi connectivity index (χ1v) is 10.5. The maximum absolute atomic E-state index is 12.7. The number of para-hydroxylation sites is 1. The minimum Gasteiger partial charge on any atom is -0.496 e. The van der Waals surface area contributed by atoms with Gasteiger partial charge in [-0.05, 0) is 29.8 Å². The van der Waals surface area contributed by atoms with Crippen molar-refractivity contribution in [3.8, 4) is 11.4 Å². The molecule has 2 aromatic heterocycles. The second-order valence-electron chi connectivity index (χ2n) is 5.96. The summed E-state index contributed by atoms with van der Waals surface area (Å²) in [6.07, 6.45) is 3.28. The predicted octanol–water partition coefficient (Wildman–Crippen LogP) is 5.43. The first-order chi connectivity index (χ1) is 14.2. The number of halogens is 2. The smallest absolute Gasteiger partial charge is 0.289 e. The van der Waals surface area contributed by atoms with Crippen molar-refractivity contribution in [2.24, 2.45) is 0 Å². The lowest BCUT2D eigenvalue weighted by Crippen LogP contribution is -1.97. The summed E-state index contributed by atoms with van der Waals surface area (Å²) in [7, 11) is 1.48. The highest BCUT2D eigenvalue weighted by molar-refractivity contribution is 7.99. The largest absolute Gasteiger partial charge is 0.496 e. The van der Waals surface area contributed by atoms with Gasteiger partial charge in [-0.3, -0.25) is 0 Å². The van der Waals surface area contributed by atoms with Gasteiger partial charge in [-0.1, -0.05) is 36.0 Å². The van der Waals surface area contributed by atoms with Crippen molar-refractivity contribution in [2.75, 3.05) is 7.11 Å². The Bertz CT molecular complexity index is 1120. The van der Waals surface area contributed by atoms with Gasteiger partial charge in [-0.25, -0.2) is 14.6 Å². The Labute approximate surface area is 174 Å². The molecule has 0 amide bonds. The predicted molar refractivity (Wildman–Crippen MR) is 111 cm³/mol. The van der Waals surface area contributed by atoms with Crippen molar-refractivity contribution in [3.05, 3.63) is 66.6 Å². The molecule has 0 aliphatic rings. The molecule has 148 valence electrons. The van der Waals surface area contributed by atoms with Gasteiger partial charge in [0.1, 0.15) is 17.1 Å². The van der Waals surface area contributed by atoms with E-state index < -0.39 is 5.76 Å². The molecule has 0 spiro atoms. The third-order valence-corrected chi connectivity index (χ3v) is 6.00. The number of nitrogens with zero attached hydrogens (tertiary/aromatic N) is 4. The molecule has 0 bridgehead atoms. The van der Waals surface area contributed by atoms with Gasteiger partial charge in [0, 0.05) is 5.75 Å². The van der Waals surface area contributed by atoms with E-state index in [1.807, 2.05) is 36.4 Å². The van der Waals surface area contributed by atoms with E-state index in [1.165, 1.54) is 25.2 Å². The zero-order valence-corrected chi connectivity index (χ0v) is 17.0. The number of rotatable bonds is 7. The van der Waals surface area contributed by atoms with Crippen LogP contribution >= 0.6 is 23.5 Å². The summed E-state index contributed by atoms with van der Waals surface area (Å²) in [5.41, 5.74) is 2.61. The van der Waals surface area contributed by atoms with Crippen LogP contribution in [0.15, 0.2) is 71.0 Å². The molecule has 0 aliphatic heterocycles. The fraction of sp³-hybridized carbons (Fsp3) is 0.150. The number of hydrogen-bond acceptors (Lipinski definition) is 6. The average molecular weight is 431 g/mol. The molecular formula is C20H16F2N4OS2. The summed E-state index contributed by atoms with van der Waals surface area (Å²) < 4.78 is 32.4. The van der Waals surface area contributed by atoms with Crippen molar-refractivity contribution < 1.29 is 13.5 Å². The zero-order chi connectivity index (χ0) is 20.2. The molecule has 29 heavy (non-hydrogen) atoms. The van der Waals surface area contributed by atoms with Crippen LogP contribution in [0.2, 0.25) is 0 Å². The second kappa shape index (κ2) is 8.79. The van der Waals surface area contributed by atoms with Gasteiger partial charge in [0.15, 0.2) is 5.65 Å². The molecule has 5 nitrogen and oxygen atoms in total. The van der Waals surface area contributed by atoms with Gasteiger partial charge in [0.05, 0.1) is 29.3 Å². The SMILES string of the molecule is COc1cc(CSc2ncnc3c2cnn3-c2ccccc2)ccc1SC(F)F. The number of hydrogen-bond donors (Lipinski definition) is 0. The lowest BCUT2D eigenvalue weighted by Gasteiger charge is -2.10. The van der Waals surface area contributed by atoms with Gasteiger partial charge in [0.2, 0.25) is 0 Å². The van der Waals surface area contributed by atoms with Crippen molar-refractivity contribution >= 4 is 34.6 Å². The Kier molecular flexibility index (Phi) is 5.96. The minimum absolute atomic E-state index is 0.421. The number of thioether (sulfide) groups is 2. The average Bonchev–Trinajstić information content (AvgIpc) is 3.18. The molecule has 9 heteroatoms. The summed E-state index contributed by atoms with van der Waals surface area (Å²) in [5.74, 6) is -1.43. The monoisotopic (exact) mass is 430 g/mol. The standard InChI is InChI=1S/C20H16F2N4OS2/c1-27-16-9-13(7-8-17(16)29-20(21)22)11-28-19-15-10-25-26(18(15)23-12-24-19)14-5-3-2-4-6-14/h2-10,12,20H,11H2,1H3. The van der Waals surface area contributed by atoms with Crippen LogP contribution in [0.3, 0.4) is 0 Å². The molecule has 0 saturated carbocycles. The highest BCUT2D eigenvalue weighted by atomic mass is 32.2. The van der Waals surface area contributed by atoms with Gasteiger partial charge in [-0.2, -0.15) is 13.9 Å². The lowest BCUT2D eigenvalue weighted by atomic mass is 10.2. The van der Waals surface area contributed by atoms with E-state index in [1.54, 1.807) is 23.0 Å². The first-order valence-electron chi connectivity index (χ1n) is 8.64. The first kappa shape index (κ1) is 19.7. The van der Waals surface area contributed by atoms with E-state index in [9.17, 15) is 8.78 Å². The quantitative estimate of drug-likeness (QED) is 0.288. The van der Waals surface area contributed by atoms with Crippen molar-refractivity contribution in [1.29, 1.82) is 0 Å². The van der Waals surface area contributed by atoms with Crippen LogP contribution in [0.25, 0.3) is 16.7 Å². The second-order valence-corrected chi connectivity index (χ2v) is 7.96.